The lowest BCUT2D eigenvalue weighted by Gasteiger charge is -2.26. The molecule has 0 radical (unpaired) electrons. The summed E-state index contributed by atoms with van der Waals surface area (Å²) in [4.78, 5) is 15.3. The van der Waals surface area contributed by atoms with Crippen molar-refractivity contribution in [2.24, 2.45) is 0 Å². The van der Waals surface area contributed by atoms with Crippen LogP contribution in [0.15, 0.2) is 29.8 Å². The molecule has 1 aliphatic heterocycles. The van der Waals surface area contributed by atoms with Crippen molar-refractivity contribution >= 4 is 17.2 Å². The molecule has 0 bridgehead atoms. The highest BCUT2D eigenvalue weighted by molar-refractivity contribution is 7.10. The highest BCUT2D eigenvalue weighted by Gasteiger charge is 2.30. The molecule has 6 heteroatoms. The molecule has 3 rings (SSSR count). The van der Waals surface area contributed by atoms with Crippen LogP contribution < -0.4 is 0 Å². The molecule has 21 heavy (non-hydrogen) atoms. The third-order valence-electron chi connectivity index (χ3n) is 3.96. The second kappa shape index (κ2) is 6.41. The van der Waals surface area contributed by atoms with Crippen LogP contribution in [0, 0.1) is 0 Å². The topological polar surface area (TPSA) is 69.2 Å². The zero-order valence-corrected chi connectivity index (χ0v) is 12.6. The van der Waals surface area contributed by atoms with E-state index in [0.29, 0.717) is 12.8 Å². The highest BCUT2D eigenvalue weighted by Crippen LogP contribution is 2.29. The second-order valence-corrected chi connectivity index (χ2v) is 6.39. The molecular weight excluding hydrogens is 286 g/mol. The molecule has 2 aromatic rings. The van der Waals surface area contributed by atoms with Crippen molar-refractivity contribution in [1.29, 1.82) is 0 Å². The summed E-state index contributed by atoms with van der Waals surface area (Å²) < 4.78 is 0. The van der Waals surface area contributed by atoms with E-state index in [0.717, 1.165) is 30.0 Å². The van der Waals surface area contributed by atoms with Crippen molar-refractivity contribution in [2.45, 2.75) is 37.8 Å². The van der Waals surface area contributed by atoms with Gasteiger partial charge >= 0.3 is 0 Å². The van der Waals surface area contributed by atoms with Gasteiger partial charge in [0.2, 0.25) is 5.91 Å². The first-order valence-corrected chi connectivity index (χ1v) is 8.11. The third-order valence-corrected chi connectivity index (χ3v) is 4.94. The Hall–Kier alpha value is -1.66. The lowest BCUT2D eigenvalue weighted by atomic mass is 10.1. The molecule has 5 nitrogen and oxygen atoms in total. The highest BCUT2D eigenvalue weighted by atomic mass is 32.1. The summed E-state index contributed by atoms with van der Waals surface area (Å²) >= 11 is 1.56. The molecule has 2 atom stereocenters. The van der Waals surface area contributed by atoms with Crippen LogP contribution in [0.5, 0.6) is 0 Å². The van der Waals surface area contributed by atoms with Gasteiger partial charge in [-0.2, -0.15) is 5.10 Å². The van der Waals surface area contributed by atoms with Crippen molar-refractivity contribution < 1.29 is 9.90 Å². The molecule has 2 unspecified atom stereocenters. The maximum Gasteiger partial charge on any atom is 0.228 e. The van der Waals surface area contributed by atoms with Gasteiger partial charge < -0.3 is 10.0 Å². The normalized spacial score (nSPS) is 19.9. The van der Waals surface area contributed by atoms with Gasteiger partial charge in [0.1, 0.15) is 0 Å². The first-order valence-electron chi connectivity index (χ1n) is 7.23. The number of aliphatic hydroxyl groups excluding tert-OH is 1. The lowest BCUT2D eigenvalue weighted by Crippen LogP contribution is -2.37. The molecule has 1 saturated heterocycles. The van der Waals surface area contributed by atoms with Gasteiger partial charge in [-0.25, -0.2) is 0 Å². The van der Waals surface area contributed by atoms with Crippen LogP contribution in [0.1, 0.15) is 35.9 Å². The van der Waals surface area contributed by atoms with E-state index in [1.54, 1.807) is 17.5 Å². The fourth-order valence-electron chi connectivity index (χ4n) is 2.91. The summed E-state index contributed by atoms with van der Waals surface area (Å²) in [7, 11) is 0. The zero-order chi connectivity index (χ0) is 14.7. The molecule has 112 valence electrons. The fraction of sp³-hybridized carbons (Fsp3) is 0.467. The van der Waals surface area contributed by atoms with Gasteiger partial charge in [0.25, 0.3) is 0 Å². The van der Waals surface area contributed by atoms with Gasteiger partial charge in [-0.3, -0.25) is 9.89 Å². The second-order valence-electron chi connectivity index (χ2n) is 5.41. The number of amides is 1. The number of aromatic amines is 1. The number of likely N-dealkylation sites (tertiary alicyclic amines) is 1. The number of rotatable bonds is 5. The monoisotopic (exact) mass is 305 g/mol. The van der Waals surface area contributed by atoms with Gasteiger partial charge in [-0.15, -0.1) is 11.3 Å². The first-order chi connectivity index (χ1) is 10.2. The van der Waals surface area contributed by atoms with Crippen LogP contribution in [0.3, 0.4) is 0 Å². The number of nitrogens with zero attached hydrogens (tertiary/aromatic N) is 2. The van der Waals surface area contributed by atoms with E-state index in [4.69, 9.17) is 0 Å². The molecule has 2 aromatic heterocycles. The molecular formula is C15H19N3O2S. The van der Waals surface area contributed by atoms with Crippen molar-refractivity contribution in [2.75, 3.05) is 6.54 Å². The molecule has 3 heterocycles. The number of H-pyrrole nitrogens is 1. The van der Waals surface area contributed by atoms with Gasteiger partial charge in [0.05, 0.1) is 12.5 Å². The summed E-state index contributed by atoms with van der Waals surface area (Å²) in [5.41, 5.74) is 0.837. The van der Waals surface area contributed by atoms with Crippen LogP contribution in [0.25, 0.3) is 0 Å². The Morgan fingerprint density at radius 2 is 2.48 bits per heavy atom. The maximum atomic E-state index is 12.4. The van der Waals surface area contributed by atoms with Gasteiger partial charge in [-0.1, -0.05) is 6.07 Å². The molecule has 1 aliphatic rings. The summed E-state index contributed by atoms with van der Waals surface area (Å²) in [5, 5.41) is 18.9. The van der Waals surface area contributed by atoms with E-state index < -0.39 is 6.10 Å². The minimum Gasteiger partial charge on any atom is -0.387 e. The Kier molecular flexibility index (Phi) is 4.36. The van der Waals surface area contributed by atoms with Crippen LogP contribution in [0.4, 0.5) is 0 Å². The molecule has 1 fully saturated rings. The number of hydrogen-bond donors (Lipinski definition) is 2. The quantitative estimate of drug-likeness (QED) is 0.889. The van der Waals surface area contributed by atoms with Crippen LogP contribution >= 0.6 is 11.3 Å². The van der Waals surface area contributed by atoms with Crippen molar-refractivity contribution in [1.82, 2.24) is 15.1 Å². The number of carbonyl (C=O) groups excluding carboxylic acids is 1. The van der Waals surface area contributed by atoms with Crippen molar-refractivity contribution in [3.05, 3.63) is 40.3 Å². The fourth-order valence-corrected chi connectivity index (χ4v) is 3.64. The van der Waals surface area contributed by atoms with E-state index in [1.807, 2.05) is 28.5 Å². The largest absolute Gasteiger partial charge is 0.387 e. The zero-order valence-electron chi connectivity index (χ0n) is 11.7. The van der Waals surface area contributed by atoms with E-state index >= 15 is 0 Å². The van der Waals surface area contributed by atoms with Crippen LogP contribution in [-0.2, 0) is 11.2 Å². The third kappa shape index (κ3) is 3.33. The summed E-state index contributed by atoms with van der Waals surface area (Å²) in [6.07, 6.45) is 4.13. The number of hydrogen-bond acceptors (Lipinski definition) is 4. The SMILES string of the molecule is O=C(Cc1ccn[nH]1)N1CCCC1CC(O)c1cccs1. The summed E-state index contributed by atoms with van der Waals surface area (Å²) in [5.74, 6) is 0.111. The average molecular weight is 305 g/mol. The number of thiophene rings is 1. The van der Waals surface area contributed by atoms with Gasteiger partial charge in [0.15, 0.2) is 0 Å². The Bertz CT molecular complexity index is 568. The predicted octanol–water partition coefficient (Wildman–Crippen LogP) is 2.13. The van der Waals surface area contributed by atoms with E-state index in [-0.39, 0.29) is 11.9 Å². The van der Waals surface area contributed by atoms with Crippen molar-refractivity contribution in [3.63, 3.8) is 0 Å². The molecule has 0 aliphatic carbocycles. The average Bonchev–Trinajstić information content (AvgIpc) is 3.21. The minimum atomic E-state index is -0.476. The van der Waals surface area contributed by atoms with E-state index in [2.05, 4.69) is 10.2 Å². The standard InChI is InChI=1S/C15H19N3O2S/c19-13(14-4-2-8-21-14)10-12-3-1-7-18(12)15(20)9-11-5-6-16-17-11/h2,4-6,8,12-13,19H,1,3,7,9-10H2,(H,16,17). The first kappa shape index (κ1) is 14.3. The Morgan fingerprint density at radius 3 is 3.19 bits per heavy atom. The predicted molar refractivity (Wildman–Crippen MR) is 80.9 cm³/mol. The van der Waals surface area contributed by atoms with Crippen LogP contribution in [0.2, 0.25) is 0 Å². The lowest BCUT2D eigenvalue weighted by molar-refractivity contribution is -0.131. The Balaban J connectivity index is 1.61. The van der Waals surface area contributed by atoms with E-state index in [1.165, 1.54) is 0 Å². The van der Waals surface area contributed by atoms with E-state index in [9.17, 15) is 9.90 Å². The number of nitrogens with one attached hydrogen (secondary N) is 1. The van der Waals surface area contributed by atoms with Gasteiger partial charge in [0, 0.05) is 29.4 Å². The maximum absolute atomic E-state index is 12.4. The Labute approximate surface area is 127 Å². The summed E-state index contributed by atoms with van der Waals surface area (Å²) in [6.45, 7) is 0.787. The number of carbonyl (C=O) groups is 1. The molecule has 0 aromatic carbocycles. The van der Waals surface area contributed by atoms with Crippen LogP contribution in [-0.4, -0.2) is 38.7 Å². The number of aromatic nitrogens is 2. The molecule has 0 saturated carbocycles. The van der Waals surface area contributed by atoms with Gasteiger partial charge in [-0.05, 0) is 36.8 Å². The number of aliphatic hydroxyl groups is 1. The van der Waals surface area contributed by atoms with Crippen molar-refractivity contribution in [3.8, 4) is 0 Å². The molecule has 0 spiro atoms. The molecule has 2 N–H and O–H groups in total. The summed E-state index contributed by atoms with van der Waals surface area (Å²) in [6, 6.07) is 5.85. The minimum absolute atomic E-state index is 0.111. The smallest absolute Gasteiger partial charge is 0.228 e. The molecule has 1 amide bonds. The Morgan fingerprint density at radius 1 is 1.57 bits per heavy atom.